The molecule has 0 radical (unpaired) electrons. The van der Waals surface area contributed by atoms with Crippen molar-refractivity contribution in [2.45, 2.75) is 64.8 Å². The molecule has 0 aliphatic heterocycles. The fourth-order valence-corrected chi connectivity index (χ4v) is 2.37. The van der Waals surface area contributed by atoms with Gasteiger partial charge in [-0.1, -0.05) is 32.6 Å². The van der Waals surface area contributed by atoms with Crippen LogP contribution in [0.2, 0.25) is 0 Å². The molecule has 1 amide bonds. The van der Waals surface area contributed by atoms with Crippen LogP contribution in [-0.4, -0.2) is 37.0 Å². The van der Waals surface area contributed by atoms with Crippen LogP contribution < -0.4 is 10.6 Å². The lowest BCUT2D eigenvalue weighted by Gasteiger charge is -2.13. The van der Waals surface area contributed by atoms with Crippen molar-refractivity contribution in [2.24, 2.45) is 0 Å². The molecule has 2 N–H and O–H groups in total. The molecule has 1 atom stereocenters. The van der Waals surface area contributed by atoms with E-state index in [2.05, 4.69) is 23.8 Å². The zero-order valence-electron chi connectivity index (χ0n) is 13.0. The van der Waals surface area contributed by atoms with Crippen LogP contribution in [0, 0.1) is 0 Å². The Bertz CT molecular complexity index is 212. The summed E-state index contributed by atoms with van der Waals surface area (Å²) in [7, 11) is 0. The van der Waals surface area contributed by atoms with Gasteiger partial charge in [-0.15, -0.1) is 0 Å². The highest BCUT2D eigenvalue weighted by molar-refractivity contribution is 7.98. The number of hydrogen-bond donors (Lipinski definition) is 2. The van der Waals surface area contributed by atoms with E-state index in [1.54, 1.807) is 0 Å². The number of unbranched alkanes of at least 4 members (excludes halogenated alkanes) is 5. The fraction of sp³-hybridized carbons (Fsp3) is 0.933. The topological polar surface area (TPSA) is 41.1 Å². The Morgan fingerprint density at radius 1 is 1.05 bits per heavy atom. The van der Waals surface area contributed by atoms with Crippen LogP contribution in [0.5, 0.6) is 0 Å². The standard InChI is InChI=1S/C15H32N2OS/c1-4-5-8-12-17-15(18)14(2)16-11-9-6-7-10-13-19-3/h14,16H,4-13H2,1-3H3,(H,17,18). The summed E-state index contributed by atoms with van der Waals surface area (Å²) >= 11 is 1.92. The van der Waals surface area contributed by atoms with Crippen molar-refractivity contribution in [2.75, 3.05) is 25.1 Å². The normalized spacial score (nSPS) is 12.4. The summed E-state index contributed by atoms with van der Waals surface area (Å²) in [5.74, 6) is 1.41. The molecule has 0 aliphatic carbocycles. The molecular formula is C15H32N2OS. The van der Waals surface area contributed by atoms with Gasteiger partial charge in [0.2, 0.25) is 5.91 Å². The zero-order chi connectivity index (χ0) is 14.3. The van der Waals surface area contributed by atoms with Crippen LogP contribution in [0.1, 0.15) is 58.8 Å². The maximum atomic E-state index is 11.7. The van der Waals surface area contributed by atoms with E-state index in [0.29, 0.717) is 0 Å². The molecule has 0 aromatic heterocycles. The first-order chi connectivity index (χ1) is 9.22. The molecule has 0 rings (SSSR count). The predicted molar refractivity (Wildman–Crippen MR) is 86.8 cm³/mol. The average molecular weight is 289 g/mol. The van der Waals surface area contributed by atoms with Gasteiger partial charge in [0.15, 0.2) is 0 Å². The van der Waals surface area contributed by atoms with Crippen LogP contribution in [0.3, 0.4) is 0 Å². The Morgan fingerprint density at radius 2 is 1.74 bits per heavy atom. The lowest BCUT2D eigenvalue weighted by Crippen LogP contribution is -2.42. The van der Waals surface area contributed by atoms with Gasteiger partial charge in [-0.3, -0.25) is 4.79 Å². The predicted octanol–water partition coefficient (Wildman–Crippen LogP) is 3.19. The monoisotopic (exact) mass is 288 g/mol. The second-order valence-corrected chi connectivity index (χ2v) is 6.07. The highest BCUT2D eigenvalue weighted by Crippen LogP contribution is 2.04. The maximum Gasteiger partial charge on any atom is 0.236 e. The largest absolute Gasteiger partial charge is 0.355 e. The van der Waals surface area contributed by atoms with E-state index in [0.717, 1.165) is 19.5 Å². The molecule has 0 aromatic rings. The summed E-state index contributed by atoms with van der Waals surface area (Å²) in [4.78, 5) is 11.7. The molecule has 0 heterocycles. The second kappa shape index (κ2) is 14.2. The lowest BCUT2D eigenvalue weighted by molar-refractivity contribution is -0.122. The number of thioether (sulfide) groups is 1. The molecule has 19 heavy (non-hydrogen) atoms. The second-order valence-electron chi connectivity index (χ2n) is 5.08. The van der Waals surface area contributed by atoms with Gasteiger partial charge < -0.3 is 10.6 Å². The minimum Gasteiger partial charge on any atom is -0.355 e. The van der Waals surface area contributed by atoms with Crippen molar-refractivity contribution in [3.05, 3.63) is 0 Å². The van der Waals surface area contributed by atoms with Gasteiger partial charge in [-0.2, -0.15) is 11.8 Å². The highest BCUT2D eigenvalue weighted by atomic mass is 32.2. The van der Waals surface area contributed by atoms with Crippen molar-refractivity contribution >= 4 is 17.7 Å². The summed E-state index contributed by atoms with van der Waals surface area (Å²) in [5, 5.41) is 6.28. The molecular weight excluding hydrogens is 256 g/mol. The molecule has 1 unspecified atom stereocenters. The molecule has 0 aromatic carbocycles. The quantitative estimate of drug-likeness (QED) is 0.511. The smallest absolute Gasteiger partial charge is 0.236 e. The van der Waals surface area contributed by atoms with E-state index in [-0.39, 0.29) is 11.9 Å². The zero-order valence-corrected chi connectivity index (χ0v) is 13.8. The summed E-state index contributed by atoms with van der Waals surface area (Å²) in [6, 6.07) is -0.0622. The number of nitrogens with one attached hydrogen (secondary N) is 2. The lowest BCUT2D eigenvalue weighted by atomic mass is 10.2. The fourth-order valence-electron chi connectivity index (χ4n) is 1.88. The van der Waals surface area contributed by atoms with E-state index < -0.39 is 0 Å². The maximum absolute atomic E-state index is 11.7. The Kier molecular flexibility index (Phi) is 14.0. The number of amides is 1. The summed E-state index contributed by atoms with van der Waals surface area (Å²) in [5.41, 5.74) is 0. The van der Waals surface area contributed by atoms with Crippen molar-refractivity contribution in [1.82, 2.24) is 10.6 Å². The SMILES string of the molecule is CCCCCNC(=O)C(C)NCCCCCCSC. The minimum absolute atomic E-state index is 0.0622. The number of rotatable bonds is 13. The summed E-state index contributed by atoms with van der Waals surface area (Å²) < 4.78 is 0. The molecule has 0 saturated carbocycles. The van der Waals surface area contributed by atoms with Gasteiger partial charge >= 0.3 is 0 Å². The van der Waals surface area contributed by atoms with Gasteiger partial charge in [0.25, 0.3) is 0 Å². The van der Waals surface area contributed by atoms with Crippen molar-refractivity contribution < 1.29 is 4.79 Å². The van der Waals surface area contributed by atoms with Gasteiger partial charge in [0, 0.05) is 6.54 Å². The van der Waals surface area contributed by atoms with Crippen LogP contribution in [0.25, 0.3) is 0 Å². The van der Waals surface area contributed by atoms with Gasteiger partial charge in [-0.25, -0.2) is 0 Å². The first kappa shape index (κ1) is 18.8. The first-order valence-corrected chi connectivity index (χ1v) is 9.11. The van der Waals surface area contributed by atoms with E-state index in [1.165, 1.54) is 44.3 Å². The van der Waals surface area contributed by atoms with E-state index >= 15 is 0 Å². The Hall–Kier alpha value is -0.220. The Labute approximate surface area is 123 Å². The van der Waals surface area contributed by atoms with E-state index in [9.17, 15) is 4.79 Å². The molecule has 0 fully saturated rings. The van der Waals surface area contributed by atoms with Crippen molar-refractivity contribution in [3.8, 4) is 0 Å². The first-order valence-electron chi connectivity index (χ1n) is 7.72. The van der Waals surface area contributed by atoms with Crippen molar-refractivity contribution in [3.63, 3.8) is 0 Å². The van der Waals surface area contributed by atoms with Crippen LogP contribution >= 0.6 is 11.8 Å². The molecule has 0 aliphatic rings. The molecule has 0 bridgehead atoms. The molecule has 114 valence electrons. The third-order valence-electron chi connectivity index (χ3n) is 3.20. The summed E-state index contributed by atoms with van der Waals surface area (Å²) in [6.07, 6.45) is 10.7. The van der Waals surface area contributed by atoms with Gasteiger partial charge in [0.1, 0.15) is 0 Å². The third-order valence-corrected chi connectivity index (χ3v) is 3.90. The number of carbonyl (C=O) groups is 1. The Morgan fingerprint density at radius 3 is 2.42 bits per heavy atom. The minimum atomic E-state index is -0.0622. The van der Waals surface area contributed by atoms with Crippen molar-refractivity contribution in [1.29, 1.82) is 0 Å². The average Bonchev–Trinajstić information content (AvgIpc) is 2.42. The van der Waals surface area contributed by atoms with E-state index in [4.69, 9.17) is 0 Å². The highest BCUT2D eigenvalue weighted by Gasteiger charge is 2.10. The molecule has 3 nitrogen and oxygen atoms in total. The molecule has 4 heteroatoms. The van der Waals surface area contributed by atoms with E-state index in [1.807, 2.05) is 18.7 Å². The number of hydrogen-bond acceptors (Lipinski definition) is 3. The number of carbonyl (C=O) groups excluding carboxylic acids is 1. The molecule has 0 spiro atoms. The summed E-state index contributed by atoms with van der Waals surface area (Å²) in [6.45, 7) is 5.88. The molecule has 0 saturated heterocycles. The van der Waals surface area contributed by atoms with Crippen LogP contribution in [0.15, 0.2) is 0 Å². The Balaban J connectivity index is 3.36. The van der Waals surface area contributed by atoms with Crippen LogP contribution in [-0.2, 0) is 4.79 Å². The third kappa shape index (κ3) is 12.6. The van der Waals surface area contributed by atoms with Crippen LogP contribution in [0.4, 0.5) is 0 Å². The van der Waals surface area contributed by atoms with Gasteiger partial charge in [-0.05, 0) is 44.7 Å². The van der Waals surface area contributed by atoms with Gasteiger partial charge in [0.05, 0.1) is 6.04 Å².